The summed E-state index contributed by atoms with van der Waals surface area (Å²) < 4.78 is 6.96. The molecule has 2 aromatic rings. The first-order chi connectivity index (χ1) is 7.61. The monoisotopic (exact) mass is 341 g/mol. The van der Waals surface area contributed by atoms with E-state index in [1.165, 1.54) is 0 Å². The van der Waals surface area contributed by atoms with Crippen LogP contribution in [-0.2, 0) is 0 Å². The van der Waals surface area contributed by atoms with Gasteiger partial charge in [-0.15, -0.1) is 0 Å². The summed E-state index contributed by atoms with van der Waals surface area (Å²) in [5, 5.41) is 8.72. The van der Waals surface area contributed by atoms with Crippen LogP contribution in [0.15, 0.2) is 31.6 Å². The Bertz CT molecular complexity index is 586. The first kappa shape index (κ1) is 11.2. The molecule has 0 spiro atoms. The van der Waals surface area contributed by atoms with Gasteiger partial charge in [-0.2, -0.15) is 10.2 Å². The van der Waals surface area contributed by atoms with Gasteiger partial charge in [-0.3, -0.25) is 0 Å². The quantitative estimate of drug-likeness (QED) is 0.862. The second-order valence-electron chi connectivity index (χ2n) is 2.97. The molecule has 2 rings (SSSR count). The van der Waals surface area contributed by atoms with Crippen molar-refractivity contribution in [2.45, 2.75) is 0 Å². The molecule has 1 heterocycles. The lowest BCUT2D eigenvalue weighted by Gasteiger charge is -1.99. The Morgan fingerprint density at radius 3 is 2.69 bits per heavy atom. The smallest absolute Gasteiger partial charge is 0.231 e. The maximum Gasteiger partial charge on any atom is 0.231 e. The summed E-state index contributed by atoms with van der Waals surface area (Å²) in [5.41, 5.74) is 6.34. The molecule has 16 heavy (non-hydrogen) atoms. The number of nitriles is 1. The van der Waals surface area contributed by atoms with Gasteiger partial charge in [0.05, 0.1) is 5.56 Å². The number of nitrogens with zero attached hydrogens (tertiary/aromatic N) is 2. The number of anilines is 1. The number of oxazole rings is 1. The molecule has 0 bridgehead atoms. The second-order valence-corrected chi connectivity index (χ2v) is 4.74. The fourth-order valence-corrected chi connectivity index (χ4v) is 2.41. The van der Waals surface area contributed by atoms with Gasteiger partial charge in [0.25, 0.3) is 0 Å². The number of aromatic nitrogens is 1. The SMILES string of the molecule is N#Cc1nc(-c2ccc(Br)cc2Br)oc1N. The largest absolute Gasteiger partial charge is 0.419 e. The first-order valence-electron chi connectivity index (χ1n) is 4.23. The van der Waals surface area contributed by atoms with E-state index in [0.717, 1.165) is 14.5 Å². The van der Waals surface area contributed by atoms with Gasteiger partial charge in [0.1, 0.15) is 6.07 Å². The van der Waals surface area contributed by atoms with E-state index in [0.29, 0.717) is 5.89 Å². The Hall–Kier alpha value is -1.32. The highest BCUT2D eigenvalue weighted by atomic mass is 79.9. The number of nitrogen functional groups attached to an aromatic ring is 1. The third-order valence-electron chi connectivity index (χ3n) is 1.92. The van der Waals surface area contributed by atoms with Crippen LogP contribution in [0.2, 0.25) is 0 Å². The van der Waals surface area contributed by atoms with E-state index in [1.807, 2.05) is 24.3 Å². The molecule has 0 saturated carbocycles. The minimum Gasteiger partial charge on any atom is -0.419 e. The predicted molar refractivity (Wildman–Crippen MR) is 66.5 cm³/mol. The van der Waals surface area contributed by atoms with Crippen LogP contribution in [0.4, 0.5) is 5.88 Å². The van der Waals surface area contributed by atoms with Crippen molar-refractivity contribution in [1.82, 2.24) is 4.98 Å². The summed E-state index contributed by atoms with van der Waals surface area (Å²) in [7, 11) is 0. The van der Waals surface area contributed by atoms with Gasteiger partial charge in [0, 0.05) is 8.95 Å². The summed E-state index contributed by atoms with van der Waals surface area (Å²) >= 11 is 6.73. The topological polar surface area (TPSA) is 75.8 Å². The zero-order valence-electron chi connectivity index (χ0n) is 7.87. The molecule has 2 N–H and O–H groups in total. The maximum atomic E-state index is 8.72. The third kappa shape index (κ3) is 1.96. The van der Waals surface area contributed by atoms with E-state index < -0.39 is 0 Å². The molecule has 0 saturated heterocycles. The Kier molecular flexibility index (Phi) is 2.99. The Balaban J connectivity index is 2.55. The molecular formula is C10H5Br2N3O. The van der Waals surface area contributed by atoms with E-state index in [4.69, 9.17) is 15.4 Å². The molecule has 6 heteroatoms. The standard InChI is InChI=1S/C10H5Br2N3O/c11-5-1-2-6(7(12)3-5)10-15-8(4-13)9(14)16-10/h1-3H,14H2. The molecule has 0 aliphatic carbocycles. The molecule has 0 fully saturated rings. The highest BCUT2D eigenvalue weighted by Gasteiger charge is 2.14. The van der Waals surface area contributed by atoms with Gasteiger partial charge in [0.15, 0.2) is 0 Å². The molecule has 0 radical (unpaired) electrons. The van der Waals surface area contributed by atoms with Crippen molar-refractivity contribution in [3.8, 4) is 17.5 Å². The molecule has 0 unspecified atom stereocenters. The Morgan fingerprint density at radius 1 is 1.38 bits per heavy atom. The summed E-state index contributed by atoms with van der Waals surface area (Å²) in [4.78, 5) is 3.99. The third-order valence-corrected chi connectivity index (χ3v) is 3.07. The second kappa shape index (κ2) is 4.28. The van der Waals surface area contributed by atoms with E-state index in [-0.39, 0.29) is 11.6 Å². The van der Waals surface area contributed by atoms with E-state index in [1.54, 1.807) is 0 Å². The number of halogens is 2. The summed E-state index contributed by atoms with van der Waals surface area (Å²) in [6.45, 7) is 0. The van der Waals surface area contributed by atoms with Gasteiger partial charge in [-0.25, -0.2) is 0 Å². The minimum atomic E-state index is 0.0346. The van der Waals surface area contributed by atoms with Crippen molar-refractivity contribution in [2.24, 2.45) is 0 Å². The molecule has 0 atom stereocenters. The molecule has 0 aliphatic rings. The van der Waals surface area contributed by atoms with Gasteiger partial charge >= 0.3 is 0 Å². The average Bonchev–Trinajstić information content (AvgIpc) is 2.59. The lowest BCUT2D eigenvalue weighted by Crippen LogP contribution is -1.84. The molecule has 0 aliphatic heterocycles. The van der Waals surface area contributed by atoms with Crippen molar-refractivity contribution < 1.29 is 4.42 Å². The molecule has 1 aromatic heterocycles. The lowest BCUT2D eigenvalue weighted by atomic mass is 10.2. The van der Waals surface area contributed by atoms with Gasteiger partial charge in [0.2, 0.25) is 17.5 Å². The van der Waals surface area contributed by atoms with Crippen LogP contribution in [-0.4, -0.2) is 4.98 Å². The van der Waals surface area contributed by atoms with Crippen molar-refractivity contribution in [3.05, 3.63) is 32.8 Å². The normalized spacial score (nSPS) is 10.1. The van der Waals surface area contributed by atoms with E-state index in [9.17, 15) is 0 Å². The van der Waals surface area contributed by atoms with E-state index >= 15 is 0 Å². The first-order valence-corrected chi connectivity index (χ1v) is 5.82. The zero-order chi connectivity index (χ0) is 11.7. The Morgan fingerprint density at radius 2 is 2.12 bits per heavy atom. The number of rotatable bonds is 1. The van der Waals surface area contributed by atoms with Crippen LogP contribution >= 0.6 is 31.9 Å². The number of nitrogens with two attached hydrogens (primary N) is 1. The number of benzene rings is 1. The highest BCUT2D eigenvalue weighted by Crippen LogP contribution is 2.31. The fourth-order valence-electron chi connectivity index (χ4n) is 1.19. The van der Waals surface area contributed by atoms with Crippen LogP contribution in [0.25, 0.3) is 11.5 Å². The maximum absolute atomic E-state index is 8.72. The van der Waals surface area contributed by atoms with Crippen molar-refractivity contribution in [2.75, 3.05) is 5.73 Å². The molecule has 4 nitrogen and oxygen atoms in total. The van der Waals surface area contributed by atoms with Crippen LogP contribution in [0.5, 0.6) is 0 Å². The summed E-state index contributed by atoms with van der Waals surface area (Å²) in [6, 6.07) is 7.40. The van der Waals surface area contributed by atoms with Crippen molar-refractivity contribution in [3.63, 3.8) is 0 Å². The fraction of sp³-hybridized carbons (Fsp3) is 0. The van der Waals surface area contributed by atoms with Crippen LogP contribution in [0.3, 0.4) is 0 Å². The molecular weight excluding hydrogens is 338 g/mol. The number of hydrogen-bond donors (Lipinski definition) is 1. The van der Waals surface area contributed by atoms with E-state index in [2.05, 4.69) is 36.8 Å². The van der Waals surface area contributed by atoms with Gasteiger partial charge in [-0.05, 0) is 34.1 Å². The van der Waals surface area contributed by atoms with Gasteiger partial charge in [-0.1, -0.05) is 15.9 Å². The van der Waals surface area contributed by atoms with Gasteiger partial charge < -0.3 is 10.2 Å². The molecule has 80 valence electrons. The number of hydrogen-bond acceptors (Lipinski definition) is 4. The predicted octanol–water partition coefficient (Wildman–Crippen LogP) is 3.32. The van der Waals surface area contributed by atoms with Crippen LogP contribution in [0.1, 0.15) is 5.69 Å². The lowest BCUT2D eigenvalue weighted by molar-refractivity contribution is 0.593. The summed E-state index contributed by atoms with van der Waals surface area (Å²) in [5.74, 6) is 0.362. The van der Waals surface area contributed by atoms with Crippen LogP contribution in [0, 0.1) is 11.3 Å². The van der Waals surface area contributed by atoms with Crippen LogP contribution < -0.4 is 5.73 Å². The minimum absolute atomic E-state index is 0.0346. The molecule has 1 aromatic carbocycles. The van der Waals surface area contributed by atoms with Crippen molar-refractivity contribution >= 4 is 37.7 Å². The highest BCUT2D eigenvalue weighted by molar-refractivity contribution is 9.11. The van der Waals surface area contributed by atoms with Crippen molar-refractivity contribution in [1.29, 1.82) is 5.26 Å². The average molecular weight is 343 g/mol. The molecule has 0 amide bonds. The summed E-state index contributed by atoms with van der Waals surface area (Å²) in [6.07, 6.45) is 0. The Labute approximate surface area is 108 Å². The zero-order valence-corrected chi connectivity index (χ0v) is 11.0.